The second-order valence-electron chi connectivity index (χ2n) is 4.13. The van der Waals surface area contributed by atoms with Crippen molar-refractivity contribution in [2.75, 3.05) is 19.6 Å². The van der Waals surface area contributed by atoms with Crippen LogP contribution in [0.25, 0.3) is 0 Å². The summed E-state index contributed by atoms with van der Waals surface area (Å²) in [6, 6.07) is 0. The lowest BCUT2D eigenvalue weighted by Gasteiger charge is -2.18. The van der Waals surface area contributed by atoms with Gasteiger partial charge in [-0.1, -0.05) is 6.92 Å². The van der Waals surface area contributed by atoms with Crippen LogP contribution in [-0.2, 0) is 11.2 Å². The van der Waals surface area contributed by atoms with Gasteiger partial charge in [0.1, 0.15) is 5.82 Å². The highest BCUT2D eigenvalue weighted by Crippen LogP contribution is 2.01. The van der Waals surface area contributed by atoms with E-state index in [1.165, 1.54) is 4.90 Å². The summed E-state index contributed by atoms with van der Waals surface area (Å²) < 4.78 is 0. The summed E-state index contributed by atoms with van der Waals surface area (Å²) in [7, 11) is 0. The fraction of sp³-hybridized carbons (Fsp3) is 0.667. The van der Waals surface area contributed by atoms with Crippen LogP contribution in [0.3, 0.4) is 0 Å². The zero-order chi connectivity index (χ0) is 14.3. The molecule has 1 aromatic heterocycles. The number of carbonyl (C=O) groups excluding carboxylic acids is 2. The van der Waals surface area contributed by atoms with Crippen LogP contribution < -0.4 is 5.32 Å². The Morgan fingerprint density at radius 3 is 2.63 bits per heavy atom. The van der Waals surface area contributed by atoms with Crippen LogP contribution in [0.5, 0.6) is 0 Å². The number of aryl methyl sites for hydroxylation is 1. The molecule has 106 valence electrons. The molecule has 0 radical (unpaired) electrons. The largest absolute Gasteiger partial charge is 0.355 e. The van der Waals surface area contributed by atoms with Gasteiger partial charge in [-0.25, -0.2) is 4.98 Å². The number of carbonyl (C=O) groups is 2. The van der Waals surface area contributed by atoms with E-state index in [9.17, 15) is 9.59 Å². The van der Waals surface area contributed by atoms with Gasteiger partial charge in [0, 0.05) is 19.5 Å². The van der Waals surface area contributed by atoms with Crippen molar-refractivity contribution in [1.29, 1.82) is 0 Å². The first-order valence-electron chi connectivity index (χ1n) is 6.59. The van der Waals surface area contributed by atoms with E-state index in [1.807, 2.05) is 20.8 Å². The third kappa shape index (κ3) is 4.35. The first-order chi connectivity index (χ1) is 9.12. The van der Waals surface area contributed by atoms with Crippen molar-refractivity contribution >= 4 is 11.8 Å². The average molecular weight is 267 g/mol. The predicted octanol–water partition coefficient (Wildman–Crippen LogP) is 0.355. The molecule has 0 bridgehead atoms. The minimum absolute atomic E-state index is 0.0286. The number of hydrogen-bond acceptors (Lipinski definition) is 4. The van der Waals surface area contributed by atoms with Crippen LogP contribution in [0.2, 0.25) is 0 Å². The van der Waals surface area contributed by atoms with Gasteiger partial charge in [-0.2, -0.15) is 0 Å². The van der Waals surface area contributed by atoms with Gasteiger partial charge in [0.25, 0.3) is 5.91 Å². The summed E-state index contributed by atoms with van der Waals surface area (Å²) in [6.45, 7) is 6.69. The number of nitrogens with zero attached hydrogens (tertiary/aromatic N) is 3. The van der Waals surface area contributed by atoms with Crippen LogP contribution in [0.15, 0.2) is 0 Å². The molecule has 0 fully saturated rings. The second kappa shape index (κ2) is 7.50. The molecular weight excluding hydrogens is 246 g/mol. The van der Waals surface area contributed by atoms with E-state index in [1.54, 1.807) is 0 Å². The Bertz CT molecular complexity index is 430. The molecule has 2 amide bonds. The number of amides is 2. The standard InChI is InChI=1S/C12H21N5O2/c1-4-7-9-14-11(16-15-9)12(19)17(6-3)8-10(18)13-5-2/h4-8H2,1-3H3,(H,13,18)(H,14,15,16). The highest BCUT2D eigenvalue weighted by atomic mass is 16.2. The first kappa shape index (κ1) is 15.1. The summed E-state index contributed by atoms with van der Waals surface area (Å²) in [5.74, 6) is 0.309. The smallest absolute Gasteiger partial charge is 0.293 e. The number of hydrogen-bond donors (Lipinski definition) is 2. The van der Waals surface area contributed by atoms with Gasteiger partial charge in [0.05, 0.1) is 6.54 Å². The molecule has 0 aromatic carbocycles. The molecule has 1 rings (SSSR count). The van der Waals surface area contributed by atoms with Crippen molar-refractivity contribution < 1.29 is 9.59 Å². The molecule has 0 atom stereocenters. The Balaban J connectivity index is 2.68. The topological polar surface area (TPSA) is 91.0 Å². The molecule has 0 aliphatic carbocycles. The second-order valence-corrected chi connectivity index (χ2v) is 4.13. The number of H-pyrrole nitrogens is 1. The van der Waals surface area contributed by atoms with Crippen LogP contribution in [0, 0.1) is 0 Å². The fourth-order valence-electron chi connectivity index (χ4n) is 1.63. The summed E-state index contributed by atoms with van der Waals surface area (Å²) in [6.07, 6.45) is 1.68. The molecular formula is C12H21N5O2. The summed E-state index contributed by atoms with van der Waals surface area (Å²) >= 11 is 0. The SMILES string of the molecule is CCCc1nc(C(=O)N(CC)CC(=O)NCC)n[nH]1. The molecule has 0 aliphatic heterocycles. The molecule has 0 aliphatic rings. The zero-order valence-electron chi connectivity index (χ0n) is 11.7. The minimum Gasteiger partial charge on any atom is -0.355 e. The number of aromatic nitrogens is 3. The Hall–Kier alpha value is -1.92. The maximum absolute atomic E-state index is 12.1. The molecule has 7 nitrogen and oxygen atoms in total. The average Bonchev–Trinajstić information content (AvgIpc) is 2.84. The maximum Gasteiger partial charge on any atom is 0.293 e. The molecule has 7 heteroatoms. The highest BCUT2D eigenvalue weighted by molar-refractivity contribution is 5.93. The quantitative estimate of drug-likeness (QED) is 0.746. The van der Waals surface area contributed by atoms with Gasteiger partial charge in [-0.05, 0) is 20.3 Å². The highest BCUT2D eigenvalue weighted by Gasteiger charge is 2.20. The van der Waals surface area contributed by atoms with E-state index in [0.29, 0.717) is 18.9 Å². The van der Waals surface area contributed by atoms with Gasteiger partial charge < -0.3 is 10.2 Å². The van der Waals surface area contributed by atoms with E-state index in [0.717, 1.165) is 12.8 Å². The van der Waals surface area contributed by atoms with Gasteiger partial charge >= 0.3 is 0 Å². The number of rotatable bonds is 7. The summed E-state index contributed by atoms with van der Waals surface area (Å²) in [5.41, 5.74) is 0. The molecule has 1 heterocycles. The molecule has 0 spiro atoms. The molecule has 1 aromatic rings. The molecule has 19 heavy (non-hydrogen) atoms. The van der Waals surface area contributed by atoms with Crippen molar-refractivity contribution in [1.82, 2.24) is 25.4 Å². The summed E-state index contributed by atoms with van der Waals surface area (Å²) in [4.78, 5) is 29.2. The molecule has 0 unspecified atom stereocenters. The van der Waals surface area contributed by atoms with Crippen molar-refractivity contribution in [3.8, 4) is 0 Å². The van der Waals surface area contributed by atoms with E-state index < -0.39 is 0 Å². The van der Waals surface area contributed by atoms with Crippen LogP contribution in [-0.4, -0.2) is 51.5 Å². The van der Waals surface area contributed by atoms with Crippen molar-refractivity contribution in [2.24, 2.45) is 0 Å². The Labute approximate surface area is 112 Å². The molecule has 0 saturated carbocycles. The van der Waals surface area contributed by atoms with E-state index in [-0.39, 0.29) is 24.2 Å². The van der Waals surface area contributed by atoms with Crippen molar-refractivity contribution in [2.45, 2.75) is 33.6 Å². The summed E-state index contributed by atoms with van der Waals surface area (Å²) in [5, 5.41) is 9.29. The Morgan fingerprint density at radius 2 is 2.05 bits per heavy atom. The van der Waals surface area contributed by atoms with E-state index >= 15 is 0 Å². The monoisotopic (exact) mass is 267 g/mol. The van der Waals surface area contributed by atoms with Crippen molar-refractivity contribution in [3.05, 3.63) is 11.6 Å². The van der Waals surface area contributed by atoms with Crippen molar-refractivity contribution in [3.63, 3.8) is 0 Å². The minimum atomic E-state index is -0.327. The molecule has 2 N–H and O–H groups in total. The third-order valence-corrected chi connectivity index (χ3v) is 2.59. The maximum atomic E-state index is 12.1. The predicted molar refractivity (Wildman–Crippen MR) is 70.6 cm³/mol. The molecule has 0 saturated heterocycles. The zero-order valence-corrected chi connectivity index (χ0v) is 11.7. The normalized spacial score (nSPS) is 10.3. The van der Waals surface area contributed by atoms with Gasteiger partial charge in [-0.3, -0.25) is 14.7 Å². The number of aromatic amines is 1. The first-order valence-corrected chi connectivity index (χ1v) is 6.59. The van der Waals surface area contributed by atoms with Gasteiger partial charge in [-0.15, -0.1) is 5.10 Å². The van der Waals surface area contributed by atoms with Gasteiger partial charge in [0.2, 0.25) is 11.7 Å². The fourth-order valence-corrected chi connectivity index (χ4v) is 1.63. The Kier molecular flexibility index (Phi) is 5.98. The lowest BCUT2D eigenvalue weighted by Crippen LogP contribution is -2.40. The lowest BCUT2D eigenvalue weighted by atomic mass is 10.3. The number of nitrogens with one attached hydrogen (secondary N) is 2. The van der Waals surface area contributed by atoms with Gasteiger partial charge in [0.15, 0.2) is 0 Å². The third-order valence-electron chi connectivity index (χ3n) is 2.59. The number of likely N-dealkylation sites (N-methyl/N-ethyl adjacent to an activating group) is 2. The Morgan fingerprint density at radius 1 is 1.32 bits per heavy atom. The lowest BCUT2D eigenvalue weighted by molar-refractivity contribution is -0.121. The van der Waals surface area contributed by atoms with E-state index in [2.05, 4.69) is 20.5 Å². The van der Waals surface area contributed by atoms with E-state index in [4.69, 9.17) is 0 Å². The van der Waals surface area contributed by atoms with Crippen LogP contribution in [0.1, 0.15) is 43.6 Å². The van der Waals surface area contributed by atoms with Crippen LogP contribution in [0.4, 0.5) is 0 Å². The van der Waals surface area contributed by atoms with Crippen LogP contribution >= 0.6 is 0 Å².